The van der Waals surface area contributed by atoms with Gasteiger partial charge in [-0.05, 0) is 11.7 Å². The van der Waals surface area contributed by atoms with Crippen LogP contribution in [0.25, 0.3) is 0 Å². The SMILES string of the molecule is CCC(=O)Cc1nc(CSCC(C)C)no1. The zero-order chi connectivity index (χ0) is 12.0. The number of thioether (sulfide) groups is 1. The van der Waals surface area contributed by atoms with Crippen LogP contribution < -0.4 is 0 Å². The summed E-state index contributed by atoms with van der Waals surface area (Å²) in [7, 11) is 0. The number of carbonyl (C=O) groups is 1. The van der Waals surface area contributed by atoms with E-state index in [4.69, 9.17) is 4.52 Å². The zero-order valence-electron chi connectivity index (χ0n) is 10.0. The minimum Gasteiger partial charge on any atom is -0.339 e. The van der Waals surface area contributed by atoms with E-state index in [-0.39, 0.29) is 12.2 Å². The van der Waals surface area contributed by atoms with Crippen molar-refractivity contribution < 1.29 is 9.32 Å². The number of aromatic nitrogens is 2. The molecule has 4 nitrogen and oxygen atoms in total. The maximum absolute atomic E-state index is 11.2. The number of ketones is 1. The molecule has 1 heterocycles. The van der Waals surface area contributed by atoms with Gasteiger partial charge in [-0.3, -0.25) is 4.79 Å². The highest BCUT2D eigenvalue weighted by atomic mass is 32.2. The topological polar surface area (TPSA) is 56.0 Å². The minimum atomic E-state index is 0.130. The Morgan fingerprint density at radius 3 is 2.88 bits per heavy atom. The van der Waals surface area contributed by atoms with Crippen LogP contribution in [0.3, 0.4) is 0 Å². The van der Waals surface area contributed by atoms with Crippen LogP contribution in [0.5, 0.6) is 0 Å². The van der Waals surface area contributed by atoms with Crippen LogP contribution >= 0.6 is 11.8 Å². The summed E-state index contributed by atoms with van der Waals surface area (Å²) in [6.07, 6.45) is 0.776. The van der Waals surface area contributed by atoms with Gasteiger partial charge in [0.05, 0.1) is 12.2 Å². The molecule has 0 amide bonds. The predicted octanol–water partition coefficient (Wildman–Crippen LogP) is 2.48. The second kappa shape index (κ2) is 6.68. The minimum absolute atomic E-state index is 0.130. The maximum Gasteiger partial charge on any atom is 0.234 e. The van der Waals surface area contributed by atoms with E-state index in [1.54, 1.807) is 11.8 Å². The number of hydrogen-bond donors (Lipinski definition) is 0. The van der Waals surface area contributed by atoms with Gasteiger partial charge in [0, 0.05) is 6.42 Å². The Labute approximate surface area is 100 Å². The van der Waals surface area contributed by atoms with Gasteiger partial charge in [-0.1, -0.05) is 25.9 Å². The molecular formula is C11H18N2O2S. The van der Waals surface area contributed by atoms with Crippen molar-refractivity contribution in [3.8, 4) is 0 Å². The van der Waals surface area contributed by atoms with E-state index in [1.165, 1.54) is 0 Å². The van der Waals surface area contributed by atoms with Gasteiger partial charge in [-0.25, -0.2) is 0 Å². The summed E-state index contributed by atoms with van der Waals surface area (Å²) >= 11 is 1.78. The first-order valence-corrected chi connectivity index (χ1v) is 6.68. The Morgan fingerprint density at radius 2 is 2.25 bits per heavy atom. The number of nitrogens with zero attached hydrogens (tertiary/aromatic N) is 2. The lowest BCUT2D eigenvalue weighted by molar-refractivity contribution is -0.118. The molecule has 0 spiro atoms. The molecule has 0 fully saturated rings. The fraction of sp³-hybridized carbons (Fsp3) is 0.727. The molecule has 0 bridgehead atoms. The fourth-order valence-electron chi connectivity index (χ4n) is 1.10. The van der Waals surface area contributed by atoms with Gasteiger partial charge in [0.15, 0.2) is 5.82 Å². The highest BCUT2D eigenvalue weighted by Gasteiger charge is 2.09. The van der Waals surface area contributed by atoms with Crippen molar-refractivity contribution in [2.24, 2.45) is 5.92 Å². The third-order valence-corrected chi connectivity index (χ3v) is 3.30. The molecule has 1 aromatic heterocycles. The van der Waals surface area contributed by atoms with Gasteiger partial charge in [0.1, 0.15) is 5.78 Å². The third-order valence-electron chi connectivity index (χ3n) is 1.94. The standard InChI is InChI=1S/C11H18N2O2S/c1-4-9(14)5-11-12-10(13-15-11)7-16-6-8(2)3/h8H,4-7H2,1-3H3. The van der Waals surface area contributed by atoms with Gasteiger partial charge in [-0.2, -0.15) is 16.7 Å². The molecule has 0 aliphatic carbocycles. The first-order chi connectivity index (χ1) is 7.61. The van der Waals surface area contributed by atoms with Crippen molar-refractivity contribution in [1.29, 1.82) is 0 Å². The fourth-order valence-corrected chi connectivity index (χ4v) is 1.99. The average molecular weight is 242 g/mol. The summed E-state index contributed by atoms with van der Waals surface area (Å²) in [4.78, 5) is 15.3. The highest BCUT2D eigenvalue weighted by Crippen LogP contribution is 2.13. The summed E-state index contributed by atoms with van der Waals surface area (Å²) in [6, 6.07) is 0. The van der Waals surface area contributed by atoms with Gasteiger partial charge in [0.25, 0.3) is 0 Å². The lowest BCUT2D eigenvalue weighted by Crippen LogP contribution is -2.00. The highest BCUT2D eigenvalue weighted by molar-refractivity contribution is 7.98. The normalized spacial score (nSPS) is 11.0. The molecule has 0 aliphatic heterocycles. The molecule has 0 saturated heterocycles. The number of Topliss-reactive ketones (excluding diaryl/α,β-unsaturated/α-hetero) is 1. The Morgan fingerprint density at radius 1 is 1.50 bits per heavy atom. The lowest BCUT2D eigenvalue weighted by Gasteiger charge is -2.00. The molecule has 1 rings (SSSR count). The van der Waals surface area contributed by atoms with E-state index in [2.05, 4.69) is 24.0 Å². The molecule has 1 aromatic rings. The molecule has 5 heteroatoms. The van der Waals surface area contributed by atoms with E-state index in [0.29, 0.717) is 24.1 Å². The van der Waals surface area contributed by atoms with E-state index >= 15 is 0 Å². The first kappa shape index (κ1) is 13.2. The van der Waals surface area contributed by atoms with Crippen LogP contribution in [-0.4, -0.2) is 21.7 Å². The monoisotopic (exact) mass is 242 g/mol. The smallest absolute Gasteiger partial charge is 0.234 e. The van der Waals surface area contributed by atoms with Crippen molar-refractivity contribution >= 4 is 17.5 Å². The van der Waals surface area contributed by atoms with Crippen molar-refractivity contribution in [3.05, 3.63) is 11.7 Å². The van der Waals surface area contributed by atoms with Crippen LogP contribution in [-0.2, 0) is 17.0 Å². The summed E-state index contributed by atoms with van der Waals surface area (Å²) in [5.41, 5.74) is 0. The number of rotatable bonds is 7. The molecular weight excluding hydrogens is 224 g/mol. The molecule has 0 radical (unpaired) electrons. The van der Waals surface area contributed by atoms with Crippen molar-refractivity contribution in [2.75, 3.05) is 5.75 Å². The van der Waals surface area contributed by atoms with Crippen molar-refractivity contribution in [2.45, 2.75) is 39.4 Å². The Kier molecular flexibility index (Phi) is 5.52. The molecule has 90 valence electrons. The van der Waals surface area contributed by atoms with E-state index in [9.17, 15) is 4.79 Å². The van der Waals surface area contributed by atoms with E-state index < -0.39 is 0 Å². The molecule has 0 saturated carbocycles. The van der Waals surface area contributed by atoms with Crippen LogP contribution in [0.15, 0.2) is 4.52 Å². The van der Waals surface area contributed by atoms with Crippen molar-refractivity contribution in [1.82, 2.24) is 10.1 Å². The lowest BCUT2D eigenvalue weighted by atomic mass is 10.2. The predicted molar refractivity (Wildman–Crippen MR) is 64.3 cm³/mol. The van der Waals surface area contributed by atoms with E-state index in [1.807, 2.05) is 6.92 Å². The van der Waals surface area contributed by atoms with Crippen LogP contribution in [0.4, 0.5) is 0 Å². The van der Waals surface area contributed by atoms with Gasteiger partial charge >= 0.3 is 0 Å². The largest absolute Gasteiger partial charge is 0.339 e. The van der Waals surface area contributed by atoms with Gasteiger partial charge in [0.2, 0.25) is 5.89 Å². The third kappa shape index (κ3) is 4.79. The zero-order valence-corrected chi connectivity index (χ0v) is 10.8. The van der Waals surface area contributed by atoms with Crippen LogP contribution in [0.1, 0.15) is 38.9 Å². The molecule has 0 unspecified atom stereocenters. The van der Waals surface area contributed by atoms with Gasteiger partial charge in [-0.15, -0.1) is 0 Å². The molecule has 0 aromatic carbocycles. The first-order valence-electron chi connectivity index (χ1n) is 5.52. The summed E-state index contributed by atoms with van der Waals surface area (Å²) < 4.78 is 5.00. The average Bonchev–Trinajstić information content (AvgIpc) is 2.65. The van der Waals surface area contributed by atoms with Crippen molar-refractivity contribution in [3.63, 3.8) is 0 Å². The Hall–Kier alpha value is -0.840. The van der Waals surface area contributed by atoms with E-state index in [0.717, 1.165) is 11.5 Å². The summed E-state index contributed by atoms with van der Waals surface area (Å²) in [6.45, 7) is 6.18. The number of carbonyl (C=O) groups excluding carboxylic acids is 1. The molecule has 0 aliphatic rings. The van der Waals surface area contributed by atoms with Crippen LogP contribution in [0, 0.1) is 5.92 Å². The molecule has 16 heavy (non-hydrogen) atoms. The summed E-state index contributed by atoms with van der Waals surface area (Å²) in [5, 5.41) is 3.84. The molecule has 0 atom stereocenters. The second-order valence-corrected chi connectivity index (χ2v) is 5.11. The Balaban J connectivity index is 2.36. The quantitative estimate of drug-likeness (QED) is 0.735. The van der Waals surface area contributed by atoms with Crippen LogP contribution in [0.2, 0.25) is 0 Å². The molecule has 0 N–H and O–H groups in total. The number of hydrogen-bond acceptors (Lipinski definition) is 5. The maximum atomic E-state index is 11.2. The second-order valence-electron chi connectivity index (χ2n) is 4.08. The summed E-state index contributed by atoms with van der Waals surface area (Å²) in [5.74, 6) is 3.75. The Bertz CT molecular complexity index is 336. The van der Waals surface area contributed by atoms with Gasteiger partial charge < -0.3 is 4.52 Å².